The normalized spacial score (nSPS) is 23.6. The van der Waals surface area contributed by atoms with Crippen LogP contribution in [0, 0.1) is 11.6 Å². The number of hydrogen-bond donors (Lipinski definition) is 1. The third-order valence-electron chi connectivity index (χ3n) is 2.72. The standard InChI is InChI=1S/C10H11F2NO2S/c11-7-3-4-9(12)8(6-7)10-2-1-5-13(10)16(14)15/h3-4,6,10H,1-2,5H2,(H,14,15)/t10-/m1/s1. The molecule has 1 unspecified atom stereocenters. The first-order valence-electron chi connectivity index (χ1n) is 4.92. The lowest BCUT2D eigenvalue weighted by Crippen LogP contribution is -2.25. The molecule has 1 aliphatic rings. The van der Waals surface area contributed by atoms with Crippen LogP contribution in [0.15, 0.2) is 18.2 Å². The van der Waals surface area contributed by atoms with Gasteiger partial charge in [0.15, 0.2) is 0 Å². The van der Waals surface area contributed by atoms with Crippen molar-refractivity contribution in [3.63, 3.8) is 0 Å². The minimum atomic E-state index is -2.14. The zero-order valence-corrected chi connectivity index (χ0v) is 9.21. The highest BCUT2D eigenvalue weighted by molar-refractivity contribution is 7.76. The van der Waals surface area contributed by atoms with Crippen LogP contribution in [0.5, 0.6) is 0 Å². The van der Waals surface area contributed by atoms with Crippen LogP contribution in [0.2, 0.25) is 0 Å². The molecule has 3 nitrogen and oxygen atoms in total. The Balaban J connectivity index is 2.35. The van der Waals surface area contributed by atoms with Crippen molar-refractivity contribution in [3.8, 4) is 0 Å². The Bertz CT molecular complexity index is 427. The van der Waals surface area contributed by atoms with Crippen LogP contribution in [-0.4, -0.2) is 19.6 Å². The van der Waals surface area contributed by atoms with E-state index < -0.39 is 28.9 Å². The number of halogens is 2. The first-order chi connectivity index (χ1) is 7.59. The van der Waals surface area contributed by atoms with Crippen molar-refractivity contribution in [3.05, 3.63) is 35.4 Å². The second-order valence-electron chi connectivity index (χ2n) is 3.70. The molecule has 2 rings (SSSR count). The molecule has 0 aliphatic carbocycles. The van der Waals surface area contributed by atoms with Crippen molar-refractivity contribution in [2.75, 3.05) is 6.54 Å². The molecule has 0 amide bonds. The smallest absolute Gasteiger partial charge is 0.235 e. The molecule has 1 heterocycles. The van der Waals surface area contributed by atoms with Crippen LogP contribution < -0.4 is 0 Å². The Morgan fingerprint density at radius 1 is 1.44 bits per heavy atom. The molecule has 1 N–H and O–H groups in total. The topological polar surface area (TPSA) is 40.5 Å². The first kappa shape index (κ1) is 11.6. The minimum Gasteiger partial charge on any atom is -0.294 e. The van der Waals surface area contributed by atoms with E-state index in [2.05, 4.69) is 0 Å². The zero-order chi connectivity index (χ0) is 11.7. The van der Waals surface area contributed by atoms with Crippen LogP contribution in [0.3, 0.4) is 0 Å². The average Bonchev–Trinajstić information content (AvgIpc) is 2.70. The van der Waals surface area contributed by atoms with Gasteiger partial charge in [-0.25, -0.2) is 13.0 Å². The highest BCUT2D eigenvalue weighted by atomic mass is 32.2. The van der Waals surface area contributed by atoms with Crippen LogP contribution in [-0.2, 0) is 11.3 Å². The molecule has 1 saturated heterocycles. The molecule has 1 aromatic rings. The largest absolute Gasteiger partial charge is 0.294 e. The lowest BCUT2D eigenvalue weighted by Gasteiger charge is -2.20. The molecule has 1 fully saturated rings. The van der Waals surface area contributed by atoms with E-state index in [1.807, 2.05) is 0 Å². The second kappa shape index (κ2) is 4.57. The van der Waals surface area contributed by atoms with Crippen molar-refractivity contribution in [1.82, 2.24) is 4.31 Å². The summed E-state index contributed by atoms with van der Waals surface area (Å²) < 4.78 is 47.8. The van der Waals surface area contributed by atoms with Gasteiger partial charge in [0.25, 0.3) is 0 Å². The summed E-state index contributed by atoms with van der Waals surface area (Å²) in [6.45, 7) is 0.420. The van der Waals surface area contributed by atoms with Gasteiger partial charge in [0.05, 0.1) is 6.04 Å². The van der Waals surface area contributed by atoms with Crippen LogP contribution >= 0.6 is 0 Å². The van der Waals surface area contributed by atoms with Crippen molar-refractivity contribution in [1.29, 1.82) is 0 Å². The summed E-state index contributed by atoms with van der Waals surface area (Å²) in [7, 11) is 0. The highest BCUT2D eigenvalue weighted by Gasteiger charge is 2.31. The molecule has 0 aromatic heterocycles. The van der Waals surface area contributed by atoms with Gasteiger partial charge in [0.2, 0.25) is 11.3 Å². The zero-order valence-electron chi connectivity index (χ0n) is 8.40. The Hall–Kier alpha value is -0.850. The molecule has 6 heteroatoms. The molecular weight excluding hydrogens is 236 g/mol. The van der Waals surface area contributed by atoms with E-state index in [9.17, 15) is 13.0 Å². The predicted octanol–water partition coefficient (Wildman–Crippen LogP) is 2.24. The Kier molecular flexibility index (Phi) is 3.32. The molecule has 2 atom stereocenters. The van der Waals surface area contributed by atoms with Gasteiger partial charge >= 0.3 is 0 Å². The van der Waals surface area contributed by atoms with Gasteiger partial charge in [0, 0.05) is 12.1 Å². The van der Waals surface area contributed by atoms with Crippen LogP contribution in [0.1, 0.15) is 24.4 Å². The SMILES string of the molecule is O=S(O)N1CCC[C@@H]1c1cc(F)ccc1F. The summed E-state index contributed by atoms with van der Waals surface area (Å²) in [5.41, 5.74) is 0.153. The molecule has 0 bridgehead atoms. The van der Waals surface area contributed by atoms with E-state index in [4.69, 9.17) is 4.55 Å². The molecule has 0 saturated carbocycles. The highest BCUT2D eigenvalue weighted by Crippen LogP contribution is 2.34. The summed E-state index contributed by atoms with van der Waals surface area (Å²) in [4.78, 5) is 0. The minimum absolute atomic E-state index is 0.153. The molecule has 0 radical (unpaired) electrons. The van der Waals surface area contributed by atoms with Crippen molar-refractivity contribution >= 4 is 11.3 Å². The third kappa shape index (κ3) is 2.14. The summed E-state index contributed by atoms with van der Waals surface area (Å²) in [6, 6.07) is 2.65. The molecule has 1 aliphatic heterocycles. The monoisotopic (exact) mass is 247 g/mol. The molecule has 1 aromatic carbocycles. The van der Waals surface area contributed by atoms with E-state index in [0.717, 1.165) is 18.2 Å². The van der Waals surface area contributed by atoms with E-state index in [1.54, 1.807) is 0 Å². The fourth-order valence-electron chi connectivity index (χ4n) is 2.01. The first-order valence-corrected chi connectivity index (χ1v) is 5.98. The molecular formula is C10H11F2NO2S. The van der Waals surface area contributed by atoms with E-state index in [1.165, 1.54) is 4.31 Å². The lowest BCUT2D eigenvalue weighted by atomic mass is 10.0. The molecule has 0 spiro atoms. The number of rotatable bonds is 2. The van der Waals surface area contributed by atoms with Gasteiger partial charge in [-0.2, -0.15) is 4.31 Å². The van der Waals surface area contributed by atoms with E-state index in [0.29, 0.717) is 19.4 Å². The van der Waals surface area contributed by atoms with Crippen LogP contribution in [0.4, 0.5) is 8.78 Å². The van der Waals surface area contributed by atoms with Gasteiger partial charge in [-0.1, -0.05) is 0 Å². The maximum atomic E-state index is 13.5. The average molecular weight is 247 g/mol. The number of nitrogens with zero attached hydrogens (tertiary/aromatic N) is 1. The lowest BCUT2D eigenvalue weighted by molar-refractivity contribution is 0.373. The van der Waals surface area contributed by atoms with E-state index in [-0.39, 0.29) is 5.56 Å². The van der Waals surface area contributed by atoms with Crippen molar-refractivity contribution < 1.29 is 17.5 Å². The summed E-state index contributed by atoms with van der Waals surface area (Å²) in [6.07, 6.45) is 1.26. The fraction of sp³-hybridized carbons (Fsp3) is 0.400. The van der Waals surface area contributed by atoms with Gasteiger partial charge in [-0.05, 0) is 31.0 Å². The van der Waals surface area contributed by atoms with Gasteiger partial charge in [-0.3, -0.25) is 4.55 Å². The van der Waals surface area contributed by atoms with Crippen molar-refractivity contribution in [2.24, 2.45) is 0 Å². The predicted molar refractivity (Wildman–Crippen MR) is 55.8 cm³/mol. The van der Waals surface area contributed by atoms with Crippen molar-refractivity contribution in [2.45, 2.75) is 18.9 Å². The number of hydrogen-bond acceptors (Lipinski definition) is 1. The summed E-state index contributed by atoms with van der Waals surface area (Å²) in [5.74, 6) is -1.07. The fourth-order valence-corrected chi connectivity index (χ4v) is 2.73. The second-order valence-corrected chi connectivity index (χ2v) is 4.63. The molecule has 88 valence electrons. The van der Waals surface area contributed by atoms with E-state index >= 15 is 0 Å². The van der Waals surface area contributed by atoms with Crippen LogP contribution in [0.25, 0.3) is 0 Å². The van der Waals surface area contributed by atoms with Gasteiger partial charge in [0.1, 0.15) is 11.6 Å². The summed E-state index contributed by atoms with van der Waals surface area (Å²) >= 11 is -2.14. The quantitative estimate of drug-likeness (QED) is 0.814. The Morgan fingerprint density at radius 3 is 2.88 bits per heavy atom. The van der Waals surface area contributed by atoms with Gasteiger partial charge < -0.3 is 0 Å². The Morgan fingerprint density at radius 2 is 2.19 bits per heavy atom. The maximum Gasteiger partial charge on any atom is 0.235 e. The third-order valence-corrected chi connectivity index (χ3v) is 3.56. The molecule has 16 heavy (non-hydrogen) atoms. The number of benzene rings is 1. The Labute approximate surface area is 94.5 Å². The maximum absolute atomic E-state index is 13.5. The van der Waals surface area contributed by atoms with Gasteiger partial charge in [-0.15, -0.1) is 0 Å². The summed E-state index contributed by atoms with van der Waals surface area (Å²) in [5, 5.41) is 0.